The highest BCUT2D eigenvalue weighted by Crippen LogP contribution is 2.35. The summed E-state index contributed by atoms with van der Waals surface area (Å²) in [4.78, 5) is 35.1. The molecule has 9 heteroatoms. The van der Waals surface area contributed by atoms with E-state index in [1.165, 1.54) is 20.3 Å². The van der Waals surface area contributed by atoms with E-state index in [0.29, 0.717) is 11.8 Å². The molecule has 1 aromatic carbocycles. The van der Waals surface area contributed by atoms with Crippen molar-refractivity contribution >= 4 is 17.6 Å². The number of rotatable bonds is 7. The molecular weight excluding hydrogens is 368 g/mol. The van der Waals surface area contributed by atoms with Crippen LogP contribution in [-0.4, -0.2) is 43.7 Å². The maximum absolute atomic E-state index is 12.3. The molecule has 0 bridgehead atoms. The van der Waals surface area contributed by atoms with Gasteiger partial charge in [0.25, 0.3) is 11.6 Å². The number of amides is 1. The molecule has 0 aromatic heterocycles. The van der Waals surface area contributed by atoms with E-state index >= 15 is 0 Å². The summed E-state index contributed by atoms with van der Waals surface area (Å²) in [5, 5.41) is 14.2. The number of hydrogen-bond donors (Lipinski definition) is 1. The van der Waals surface area contributed by atoms with E-state index in [4.69, 9.17) is 14.2 Å². The van der Waals surface area contributed by atoms with Crippen LogP contribution in [-0.2, 0) is 9.53 Å². The number of ether oxygens (including phenoxy) is 3. The molecule has 1 fully saturated rings. The van der Waals surface area contributed by atoms with Gasteiger partial charge >= 0.3 is 5.97 Å². The fourth-order valence-electron chi connectivity index (χ4n) is 3.43. The topological polar surface area (TPSA) is 117 Å². The van der Waals surface area contributed by atoms with Crippen molar-refractivity contribution in [2.24, 2.45) is 11.8 Å². The molecule has 2 rings (SSSR count). The van der Waals surface area contributed by atoms with E-state index in [-0.39, 0.29) is 23.1 Å². The highest BCUT2D eigenvalue weighted by atomic mass is 16.6. The van der Waals surface area contributed by atoms with Crippen LogP contribution in [0, 0.1) is 22.0 Å². The molecule has 0 aliphatic heterocycles. The summed E-state index contributed by atoms with van der Waals surface area (Å²) in [7, 11) is 2.68. The average molecular weight is 394 g/mol. The second-order valence-corrected chi connectivity index (χ2v) is 7.00. The van der Waals surface area contributed by atoms with Gasteiger partial charge in [-0.05, 0) is 18.3 Å². The first-order valence-electron chi connectivity index (χ1n) is 9.15. The highest BCUT2D eigenvalue weighted by molar-refractivity contribution is 5.96. The molecule has 1 aromatic rings. The third-order valence-corrected chi connectivity index (χ3v) is 5.31. The van der Waals surface area contributed by atoms with Gasteiger partial charge < -0.3 is 19.5 Å². The number of benzene rings is 1. The number of nitrogens with zero attached hydrogens (tertiary/aromatic N) is 1. The Balaban J connectivity index is 2.06. The van der Waals surface area contributed by atoms with Crippen molar-refractivity contribution in [2.75, 3.05) is 20.8 Å². The SMILES string of the molecule is COc1cc(C(=O)OCC(=O)N[C@@H]2CCC[C@@H](C)[C@@H]2C)c([N+](=O)[O-])cc1OC. The number of esters is 1. The zero-order valence-corrected chi connectivity index (χ0v) is 16.5. The fraction of sp³-hybridized carbons (Fsp3) is 0.579. The Morgan fingerprint density at radius 2 is 1.82 bits per heavy atom. The highest BCUT2D eigenvalue weighted by Gasteiger charge is 2.29. The van der Waals surface area contributed by atoms with Crippen molar-refractivity contribution < 1.29 is 28.7 Å². The lowest BCUT2D eigenvalue weighted by atomic mass is 9.78. The number of nitro benzene ring substituents is 1. The summed E-state index contributed by atoms with van der Waals surface area (Å²) in [6.45, 7) is 3.73. The molecule has 28 heavy (non-hydrogen) atoms. The Morgan fingerprint density at radius 3 is 2.43 bits per heavy atom. The van der Waals surface area contributed by atoms with E-state index in [9.17, 15) is 19.7 Å². The number of hydrogen-bond acceptors (Lipinski definition) is 7. The van der Waals surface area contributed by atoms with Crippen molar-refractivity contribution in [3.05, 3.63) is 27.8 Å². The lowest BCUT2D eigenvalue weighted by Crippen LogP contribution is -2.45. The number of nitro groups is 1. The van der Waals surface area contributed by atoms with Gasteiger partial charge in [-0.3, -0.25) is 14.9 Å². The molecule has 0 saturated heterocycles. The van der Waals surface area contributed by atoms with Gasteiger partial charge in [0.15, 0.2) is 18.1 Å². The third kappa shape index (κ3) is 4.90. The molecule has 0 heterocycles. The van der Waals surface area contributed by atoms with Gasteiger partial charge in [-0.1, -0.05) is 26.7 Å². The van der Waals surface area contributed by atoms with E-state index in [1.807, 2.05) is 0 Å². The van der Waals surface area contributed by atoms with Crippen LogP contribution in [0.1, 0.15) is 43.5 Å². The van der Waals surface area contributed by atoms with Gasteiger partial charge in [0.1, 0.15) is 5.56 Å². The molecule has 9 nitrogen and oxygen atoms in total. The van der Waals surface area contributed by atoms with Crippen molar-refractivity contribution in [3.63, 3.8) is 0 Å². The van der Waals surface area contributed by atoms with Gasteiger partial charge in [0.05, 0.1) is 25.2 Å². The van der Waals surface area contributed by atoms with Crippen LogP contribution in [0.5, 0.6) is 11.5 Å². The van der Waals surface area contributed by atoms with Crippen LogP contribution in [0.3, 0.4) is 0 Å². The van der Waals surface area contributed by atoms with Gasteiger partial charge in [-0.25, -0.2) is 4.79 Å². The maximum atomic E-state index is 12.3. The number of carbonyl (C=O) groups excluding carboxylic acids is 2. The summed E-state index contributed by atoms with van der Waals surface area (Å²) in [5.41, 5.74) is -0.798. The largest absolute Gasteiger partial charge is 0.493 e. The normalized spacial score (nSPS) is 21.5. The first kappa shape index (κ1) is 21.5. The van der Waals surface area contributed by atoms with Crippen LogP contribution >= 0.6 is 0 Å². The summed E-state index contributed by atoms with van der Waals surface area (Å²) < 4.78 is 15.1. The summed E-state index contributed by atoms with van der Waals surface area (Å²) in [5.74, 6) is -0.301. The molecule has 0 unspecified atom stereocenters. The fourth-order valence-corrected chi connectivity index (χ4v) is 3.43. The molecule has 1 amide bonds. The Bertz CT molecular complexity index is 750. The molecule has 1 N–H and O–H groups in total. The predicted octanol–water partition coefficient (Wildman–Crippen LogP) is 2.71. The van der Waals surface area contributed by atoms with Crippen LogP contribution in [0.4, 0.5) is 5.69 Å². The van der Waals surface area contributed by atoms with E-state index < -0.39 is 29.1 Å². The molecular formula is C19H26N2O7. The minimum absolute atomic E-state index is 0.0327. The lowest BCUT2D eigenvalue weighted by Gasteiger charge is -2.34. The first-order chi connectivity index (χ1) is 13.3. The quantitative estimate of drug-likeness (QED) is 0.429. The van der Waals surface area contributed by atoms with Crippen LogP contribution in [0.15, 0.2) is 12.1 Å². The Labute approximate surface area is 163 Å². The van der Waals surface area contributed by atoms with Gasteiger partial charge in [-0.2, -0.15) is 0 Å². The van der Waals surface area contributed by atoms with E-state index in [0.717, 1.165) is 25.3 Å². The smallest absolute Gasteiger partial charge is 0.345 e. The zero-order valence-electron chi connectivity index (χ0n) is 16.5. The standard InChI is InChI=1S/C19H26N2O7/c1-11-6-5-7-14(12(11)2)20-18(22)10-28-19(23)13-8-16(26-3)17(27-4)9-15(13)21(24)25/h8-9,11-12,14H,5-7,10H2,1-4H3,(H,20,22)/t11-,12+,14-/m1/s1. The second kappa shape index (κ2) is 9.38. The summed E-state index contributed by atoms with van der Waals surface area (Å²) >= 11 is 0. The van der Waals surface area contributed by atoms with Crippen LogP contribution in [0.2, 0.25) is 0 Å². The molecule has 0 radical (unpaired) electrons. The molecule has 1 aliphatic carbocycles. The van der Waals surface area contributed by atoms with E-state index in [1.54, 1.807) is 0 Å². The maximum Gasteiger partial charge on any atom is 0.345 e. The average Bonchev–Trinajstić information content (AvgIpc) is 2.68. The van der Waals surface area contributed by atoms with Crippen LogP contribution < -0.4 is 14.8 Å². The summed E-state index contributed by atoms with van der Waals surface area (Å²) in [6, 6.07) is 2.29. The molecule has 154 valence electrons. The van der Waals surface area contributed by atoms with Crippen LogP contribution in [0.25, 0.3) is 0 Å². The Morgan fingerprint density at radius 1 is 1.18 bits per heavy atom. The number of nitrogens with one attached hydrogen (secondary N) is 1. The number of methoxy groups -OCH3 is 2. The third-order valence-electron chi connectivity index (χ3n) is 5.31. The van der Waals surface area contributed by atoms with Crippen molar-refractivity contribution in [2.45, 2.75) is 39.2 Å². The second-order valence-electron chi connectivity index (χ2n) is 7.00. The van der Waals surface area contributed by atoms with Gasteiger partial charge in [-0.15, -0.1) is 0 Å². The lowest BCUT2D eigenvalue weighted by molar-refractivity contribution is -0.385. The first-order valence-corrected chi connectivity index (χ1v) is 9.15. The summed E-state index contributed by atoms with van der Waals surface area (Å²) in [6.07, 6.45) is 3.05. The monoisotopic (exact) mass is 394 g/mol. The van der Waals surface area contributed by atoms with Gasteiger partial charge in [0.2, 0.25) is 0 Å². The Hall–Kier alpha value is -2.84. The molecule has 1 aliphatic rings. The molecule has 0 spiro atoms. The molecule has 3 atom stereocenters. The van der Waals surface area contributed by atoms with Crippen molar-refractivity contribution in [1.82, 2.24) is 5.32 Å². The van der Waals surface area contributed by atoms with E-state index in [2.05, 4.69) is 19.2 Å². The minimum Gasteiger partial charge on any atom is -0.493 e. The van der Waals surface area contributed by atoms with Gasteiger partial charge in [0, 0.05) is 12.1 Å². The minimum atomic E-state index is -0.979. The number of carbonyl (C=O) groups is 2. The van der Waals surface area contributed by atoms with Crippen molar-refractivity contribution in [1.29, 1.82) is 0 Å². The Kier molecular flexibility index (Phi) is 7.19. The molecule has 1 saturated carbocycles. The predicted molar refractivity (Wildman–Crippen MR) is 101 cm³/mol. The zero-order chi connectivity index (χ0) is 20.8. The van der Waals surface area contributed by atoms with Crippen molar-refractivity contribution in [3.8, 4) is 11.5 Å².